The number of thiophene rings is 1. The molecule has 1 N–H and O–H groups in total. The summed E-state index contributed by atoms with van der Waals surface area (Å²) in [6, 6.07) is 7.42. The van der Waals surface area contributed by atoms with Crippen LogP contribution in [0.4, 0.5) is 0 Å². The number of benzene rings is 1. The molecule has 3 aromatic rings. The van der Waals surface area contributed by atoms with Crippen LogP contribution < -0.4 is 5.56 Å². The Kier molecular flexibility index (Phi) is 4.92. The number of nitrogens with zero attached hydrogens (tertiary/aromatic N) is 1. The van der Waals surface area contributed by atoms with Gasteiger partial charge in [-0.1, -0.05) is 36.2 Å². The third-order valence-electron chi connectivity index (χ3n) is 6.34. The molecule has 0 unspecified atom stereocenters. The normalized spacial score (nSPS) is 23.0. The second kappa shape index (κ2) is 7.58. The molecular formula is C22H21ClN2O3S. The number of nitrogens with one attached hydrogen (secondary N) is 1. The lowest BCUT2D eigenvalue weighted by molar-refractivity contribution is -0.146. The lowest BCUT2D eigenvalue weighted by Crippen LogP contribution is -2.18. The van der Waals surface area contributed by atoms with Crippen molar-refractivity contribution in [2.24, 2.45) is 17.8 Å². The number of ether oxygens (including phenoxy) is 1. The van der Waals surface area contributed by atoms with Gasteiger partial charge in [0.05, 0.1) is 5.39 Å². The number of esters is 1. The van der Waals surface area contributed by atoms with Gasteiger partial charge in [-0.05, 0) is 43.1 Å². The molecule has 2 saturated carbocycles. The molecule has 2 bridgehead atoms. The third kappa shape index (κ3) is 3.60. The van der Waals surface area contributed by atoms with Crippen molar-refractivity contribution in [2.45, 2.75) is 38.7 Å². The number of carbonyl (C=O) groups excluding carboxylic acids is 1. The van der Waals surface area contributed by atoms with Crippen molar-refractivity contribution >= 4 is 39.1 Å². The summed E-state index contributed by atoms with van der Waals surface area (Å²) in [5.41, 5.74) is 1.33. The van der Waals surface area contributed by atoms with Crippen molar-refractivity contribution in [1.82, 2.24) is 9.97 Å². The molecule has 2 aliphatic rings. The number of aromatic nitrogens is 2. The van der Waals surface area contributed by atoms with E-state index in [9.17, 15) is 9.59 Å². The van der Waals surface area contributed by atoms with E-state index in [0.717, 1.165) is 23.5 Å². The fourth-order valence-electron chi connectivity index (χ4n) is 4.99. The summed E-state index contributed by atoms with van der Waals surface area (Å²) >= 11 is 7.68. The molecule has 0 radical (unpaired) electrons. The molecule has 2 fully saturated rings. The molecular weight excluding hydrogens is 408 g/mol. The summed E-state index contributed by atoms with van der Waals surface area (Å²) in [4.78, 5) is 32.8. The number of aromatic amines is 1. The van der Waals surface area contributed by atoms with E-state index in [1.807, 2.05) is 23.6 Å². The number of carbonyl (C=O) groups is 1. The molecule has 2 aliphatic carbocycles. The van der Waals surface area contributed by atoms with Gasteiger partial charge in [-0.25, -0.2) is 4.98 Å². The minimum absolute atomic E-state index is 0.00977. The first kappa shape index (κ1) is 18.8. The average molecular weight is 429 g/mol. The zero-order valence-electron chi connectivity index (χ0n) is 15.8. The van der Waals surface area contributed by atoms with E-state index in [-0.39, 0.29) is 18.1 Å². The lowest BCUT2D eigenvalue weighted by atomic mass is 9.86. The Balaban J connectivity index is 1.31. The molecule has 0 aliphatic heterocycles. The van der Waals surface area contributed by atoms with Gasteiger partial charge in [0.25, 0.3) is 5.56 Å². The molecule has 5 nitrogen and oxygen atoms in total. The number of halogens is 1. The molecule has 2 aromatic heterocycles. The zero-order chi connectivity index (χ0) is 20.0. The third-order valence-corrected chi connectivity index (χ3v) is 7.54. The van der Waals surface area contributed by atoms with E-state index in [4.69, 9.17) is 16.3 Å². The number of rotatable bonds is 5. The van der Waals surface area contributed by atoms with E-state index >= 15 is 0 Å². The first-order valence-electron chi connectivity index (χ1n) is 9.99. The second-order valence-corrected chi connectivity index (χ2v) is 9.39. The summed E-state index contributed by atoms with van der Waals surface area (Å²) in [5.74, 6) is 2.14. The molecule has 5 rings (SSSR count). The van der Waals surface area contributed by atoms with Crippen molar-refractivity contribution < 1.29 is 9.53 Å². The fraction of sp³-hybridized carbons (Fsp3) is 0.409. The Morgan fingerprint density at radius 2 is 2.10 bits per heavy atom. The van der Waals surface area contributed by atoms with Gasteiger partial charge in [-0.3, -0.25) is 9.59 Å². The van der Waals surface area contributed by atoms with E-state index < -0.39 is 0 Å². The highest BCUT2D eigenvalue weighted by Gasteiger charge is 2.40. The Morgan fingerprint density at radius 3 is 2.86 bits per heavy atom. The predicted molar refractivity (Wildman–Crippen MR) is 114 cm³/mol. The van der Waals surface area contributed by atoms with Gasteiger partial charge in [0.15, 0.2) is 0 Å². The smallest absolute Gasteiger partial charge is 0.306 e. The monoisotopic (exact) mass is 428 g/mol. The maximum Gasteiger partial charge on any atom is 0.306 e. The van der Waals surface area contributed by atoms with E-state index in [1.165, 1.54) is 30.6 Å². The van der Waals surface area contributed by atoms with E-state index in [0.29, 0.717) is 39.3 Å². The van der Waals surface area contributed by atoms with Crippen molar-refractivity contribution in [3.05, 3.63) is 50.8 Å². The van der Waals surface area contributed by atoms with Crippen LogP contribution in [0.25, 0.3) is 21.3 Å². The van der Waals surface area contributed by atoms with Crippen LogP contribution in [0.5, 0.6) is 0 Å². The first-order valence-corrected chi connectivity index (χ1v) is 11.2. The van der Waals surface area contributed by atoms with Crippen LogP contribution in [0.2, 0.25) is 5.02 Å². The van der Waals surface area contributed by atoms with Crippen LogP contribution in [0, 0.1) is 17.8 Å². The van der Waals surface area contributed by atoms with Crippen molar-refractivity contribution in [3.63, 3.8) is 0 Å². The summed E-state index contributed by atoms with van der Waals surface area (Å²) < 4.78 is 5.42. The molecule has 7 heteroatoms. The van der Waals surface area contributed by atoms with Crippen molar-refractivity contribution in [1.29, 1.82) is 0 Å². The topological polar surface area (TPSA) is 72.0 Å². The Labute approximate surface area is 177 Å². The standard InChI is InChI=1S/C22H21ClN2O3S/c23-17-4-2-1-3-15(17)16-11-29-22-20(16)21(27)24-18(25-22)10-28-19(26)9-14-8-12-5-6-13(14)7-12/h1-4,11-14H,5-10H2,(H,24,25,27)/t12-,13-,14-/m0/s1. The number of hydrogen-bond donors (Lipinski definition) is 1. The number of fused-ring (bicyclic) bond motifs is 3. The fourth-order valence-corrected chi connectivity index (χ4v) is 6.18. The summed E-state index contributed by atoms with van der Waals surface area (Å²) in [6.45, 7) is -0.00977. The quantitative estimate of drug-likeness (QED) is 0.568. The highest BCUT2D eigenvalue weighted by atomic mass is 35.5. The Bertz CT molecular complexity index is 1140. The van der Waals surface area contributed by atoms with Crippen LogP contribution in [0.1, 0.15) is 37.9 Å². The Morgan fingerprint density at radius 1 is 1.24 bits per heavy atom. The van der Waals surface area contributed by atoms with Crippen LogP contribution >= 0.6 is 22.9 Å². The van der Waals surface area contributed by atoms with Crippen LogP contribution in [0.3, 0.4) is 0 Å². The Hall–Kier alpha value is -2.18. The molecule has 29 heavy (non-hydrogen) atoms. The van der Waals surface area contributed by atoms with Gasteiger partial charge in [0.1, 0.15) is 17.3 Å². The van der Waals surface area contributed by atoms with Crippen LogP contribution in [-0.2, 0) is 16.1 Å². The van der Waals surface area contributed by atoms with E-state index in [1.54, 1.807) is 6.07 Å². The van der Waals surface area contributed by atoms with E-state index in [2.05, 4.69) is 9.97 Å². The molecule has 0 saturated heterocycles. The van der Waals surface area contributed by atoms with Gasteiger partial charge in [0, 0.05) is 28.0 Å². The second-order valence-electron chi connectivity index (χ2n) is 8.12. The molecule has 150 valence electrons. The van der Waals surface area contributed by atoms with Crippen molar-refractivity contribution in [2.75, 3.05) is 0 Å². The number of H-pyrrole nitrogens is 1. The minimum atomic E-state index is -0.245. The summed E-state index contributed by atoms with van der Waals surface area (Å²) in [5, 5.41) is 2.99. The minimum Gasteiger partial charge on any atom is -0.458 e. The largest absolute Gasteiger partial charge is 0.458 e. The van der Waals surface area contributed by atoms with Gasteiger partial charge < -0.3 is 9.72 Å². The van der Waals surface area contributed by atoms with Gasteiger partial charge in [0.2, 0.25) is 0 Å². The molecule has 1 aromatic carbocycles. The maximum absolute atomic E-state index is 12.7. The maximum atomic E-state index is 12.7. The van der Waals surface area contributed by atoms with Crippen molar-refractivity contribution in [3.8, 4) is 11.1 Å². The van der Waals surface area contributed by atoms with Gasteiger partial charge >= 0.3 is 5.97 Å². The molecule has 0 spiro atoms. The average Bonchev–Trinajstić information content (AvgIpc) is 3.42. The molecule has 3 atom stereocenters. The summed E-state index contributed by atoms with van der Waals surface area (Å²) in [6.07, 6.45) is 5.47. The van der Waals surface area contributed by atoms with Crippen LogP contribution in [-0.4, -0.2) is 15.9 Å². The highest BCUT2D eigenvalue weighted by molar-refractivity contribution is 7.17. The van der Waals surface area contributed by atoms with Gasteiger partial charge in [-0.15, -0.1) is 11.3 Å². The van der Waals surface area contributed by atoms with Crippen LogP contribution in [0.15, 0.2) is 34.4 Å². The highest BCUT2D eigenvalue weighted by Crippen LogP contribution is 2.49. The lowest BCUT2D eigenvalue weighted by Gasteiger charge is -2.20. The molecule has 2 heterocycles. The zero-order valence-corrected chi connectivity index (χ0v) is 17.4. The first-order chi connectivity index (χ1) is 14.1. The van der Waals surface area contributed by atoms with Gasteiger partial charge in [-0.2, -0.15) is 0 Å². The number of hydrogen-bond acceptors (Lipinski definition) is 5. The predicted octanol–water partition coefficient (Wildman–Crippen LogP) is 5.17. The summed E-state index contributed by atoms with van der Waals surface area (Å²) in [7, 11) is 0. The molecule has 0 amide bonds. The SMILES string of the molecule is O=C(C[C@@H]1C[C@H]2CC[C@H]1C2)OCc1nc2scc(-c3ccccc3Cl)c2c(=O)[nH]1.